The first kappa shape index (κ1) is 19.2. The van der Waals surface area contributed by atoms with Crippen molar-refractivity contribution >= 4 is 26.8 Å². The van der Waals surface area contributed by atoms with E-state index in [9.17, 15) is 13.2 Å². The molecule has 0 fully saturated rings. The maximum Gasteiger partial charge on any atom is 0.434 e. The number of hydrogen-bond donors (Lipinski definition) is 0. The molecule has 1 heterocycles. The zero-order valence-corrected chi connectivity index (χ0v) is 16.6. The molecule has 0 radical (unpaired) electrons. The topological polar surface area (TPSA) is 12.9 Å². The first-order valence-electron chi connectivity index (χ1n) is 8.76. The Morgan fingerprint density at radius 2 is 1.45 bits per heavy atom. The number of hydrogen-bond acceptors (Lipinski definition) is 1. The molecule has 1 aromatic heterocycles. The van der Waals surface area contributed by atoms with Gasteiger partial charge in [0.2, 0.25) is 0 Å². The maximum atomic E-state index is 13.9. The SMILES string of the molecule is FC(F)(F)c1nc2ccc(Br)cc2c(-c2ccccc2)c1C#Cc1ccccc1. The van der Waals surface area contributed by atoms with Gasteiger partial charge in [-0.25, -0.2) is 4.98 Å². The molecule has 0 aliphatic heterocycles. The first-order chi connectivity index (χ1) is 13.9. The molecule has 3 aromatic carbocycles. The Bertz CT molecular complexity index is 1240. The van der Waals surface area contributed by atoms with E-state index in [0.717, 1.165) is 4.47 Å². The van der Waals surface area contributed by atoms with E-state index in [4.69, 9.17) is 0 Å². The smallest absolute Gasteiger partial charge is 0.242 e. The van der Waals surface area contributed by atoms with E-state index in [-0.39, 0.29) is 11.1 Å². The van der Waals surface area contributed by atoms with Crippen molar-refractivity contribution in [3.63, 3.8) is 0 Å². The van der Waals surface area contributed by atoms with E-state index in [1.807, 2.05) is 12.1 Å². The second kappa shape index (κ2) is 7.73. The molecule has 142 valence electrons. The summed E-state index contributed by atoms with van der Waals surface area (Å²) in [5.74, 6) is 5.63. The second-order valence-electron chi connectivity index (χ2n) is 6.35. The molecule has 0 spiro atoms. The average molecular weight is 452 g/mol. The molecule has 5 heteroatoms. The van der Waals surface area contributed by atoms with Gasteiger partial charge in [-0.2, -0.15) is 13.2 Å². The Morgan fingerprint density at radius 3 is 2.10 bits per heavy atom. The summed E-state index contributed by atoms with van der Waals surface area (Å²) in [7, 11) is 0. The maximum absolute atomic E-state index is 13.9. The number of rotatable bonds is 1. The third-order valence-corrected chi connectivity index (χ3v) is 4.88. The van der Waals surface area contributed by atoms with Crippen molar-refractivity contribution in [2.24, 2.45) is 0 Å². The van der Waals surface area contributed by atoms with E-state index in [2.05, 4.69) is 32.8 Å². The van der Waals surface area contributed by atoms with Crippen LogP contribution in [0.15, 0.2) is 83.3 Å². The van der Waals surface area contributed by atoms with Crippen molar-refractivity contribution in [3.05, 3.63) is 100 Å². The average Bonchev–Trinajstić information content (AvgIpc) is 2.72. The summed E-state index contributed by atoms with van der Waals surface area (Å²) >= 11 is 3.41. The van der Waals surface area contributed by atoms with Crippen LogP contribution in [0.1, 0.15) is 16.8 Å². The van der Waals surface area contributed by atoms with Crippen LogP contribution in [-0.2, 0) is 6.18 Å². The molecule has 0 bridgehead atoms. The minimum atomic E-state index is -4.63. The van der Waals surface area contributed by atoms with E-state index >= 15 is 0 Å². The van der Waals surface area contributed by atoms with Crippen LogP contribution in [0, 0.1) is 11.8 Å². The molecule has 0 aliphatic carbocycles. The minimum Gasteiger partial charge on any atom is -0.242 e. The Kier molecular flexibility index (Phi) is 5.12. The van der Waals surface area contributed by atoms with Gasteiger partial charge in [0.1, 0.15) is 0 Å². The molecule has 0 atom stereocenters. The zero-order valence-electron chi connectivity index (χ0n) is 15.0. The number of pyridine rings is 1. The van der Waals surface area contributed by atoms with Gasteiger partial charge < -0.3 is 0 Å². The summed E-state index contributed by atoms with van der Waals surface area (Å²) in [6, 6.07) is 22.9. The Balaban J connectivity index is 2.12. The van der Waals surface area contributed by atoms with E-state index < -0.39 is 11.9 Å². The first-order valence-corrected chi connectivity index (χ1v) is 9.56. The summed E-state index contributed by atoms with van der Waals surface area (Å²) in [4.78, 5) is 3.94. The van der Waals surface area contributed by atoms with Gasteiger partial charge in [-0.1, -0.05) is 76.3 Å². The van der Waals surface area contributed by atoms with Gasteiger partial charge in [0.15, 0.2) is 5.69 Å². The Hall–Kier alpha value is -3.10. The van der Waals surface area contributed by atoms with Gasteiger partial charge in [0.05, 0.1) is 11.1 Å². The fourth-order valence-corrected chi connectivity index (χ4v) is 3.48. The van der Waals surface area contributed by atoms with Gasteiger partial charge in [-0.3, -0.25) is 0 Å². The van der Waals surface area contributed by atoms with Crippen LogP contribution in [0.3, 0.4) is 0 Å². The van der Waals surface area contributed by atoms with Gasteiger partial charge in [-0.15, -0.1) is 0 Å². The standard InChI is InChI=1S/C24H13BrF3N/c25-18-12-14-21-20(15-18)22(17-9-5-2-6-10-17)19(23(29-21)24(26,27)28)13-11-16-7-3-1-4-8-16/h1-10,12,14-15H. The summed E-state index contributed by atoms with van der Waals surface area (Å²) in [6.45, 7) is 0. The van der Waals surface area contributed by atoms with Crippen molar-refractivity contribution in [1.82, 2.24) is 4.98 Å². The molecular formula is C24H13BrF3N. The van der Waals surface area contributed by atoms with Gasteiger partial charge >= 0.3 is 6.18 Å². The van der Waals surface area contributed by atoms with Gasteiger partial charge in [-0.05, 0) is 35.9 Å². The molecule has 29 heavy (non-hydrogen) atoms. The van der Waals surface area contributed by atoms with Crippen LogP contribution in [0.25, 0.3) is 22.0 Å². The number of aromatic nitrogens is 1. The molecule has 0 amide bonds. The Morgan fingerprint density at radius 1 is 0.793 bits per heavy atom. The highest BCUT2D eigenvalue weighted by molar-refractivity contribution is 9.10. The van der Waals surface area contributed by atoms with Crippen molar-refractivity contribution in [1.29, 1.82) is 0 Å². The highest BCUT2D eigenvalue weighted by Crippen LogP contribution is 2.39. The lowest BCUT2D eigenvalue weighted by Gasteiger charge is -2.16. The van der Waals surface area contributed by atoms with Crippen LogP contribution >= 0.6 is 15.9 Å². The lowest BCUT2D eigenvalue weighted by molar-refractivity contribution is -0.141. The molecule has 0 saturated heterocycles. The number of benzene rings is 3. The third kappa shape index (κ3) is 4.03. The van der Waals surface area contributed by atoms with Crippen LogP contribution in [0.2, 0.25) is 0 Å². The normalized spacial score (nSPS) is 11.2. The minimum absolute atomic E-state index is 0.127. The van der Waals surface area contributed by atoms with E-state index in [0.29, 0.717) is 22.1 Å². The van der Waals surface area contributed by atoms with Crippen molar-refractivity contribution in [3.8, 4) is 23.0 Å². The highest BCUT2D eigenvalue weighted by atomic mass is 79.9. The quantitative estimate of drug-likeness (QED) is 0.281. The van der Waals surface area contributed by atoms with E-state index in [1.54, 1.807) is 66.7 Å². The highest BCUT2D eigenvalue weighted by Gasteiger charge is 2.37. The molecule has 0 aliphatic rings. The van der Waals surface area contributed by atoms with Crippen LogP contribution in [0.4, 0.5) is 13.2 Å². The summed E-state index contributed by atoms with van der Waals surface area (Å²) in [5, 5.41) is 0.607. The summed E-state index contributed by atoms with van der Waals surface area (Å²) < 4.78 is 42.6. The molecule has 0 unspecified atom stereocenters. The molecule has 4 aromatic rings. The van der Waals surface area contributed by atoms with Crippen LogP contribution in [0.5, 0.6) is 0 Å². The molecular weight excluding hydrogens is 439 g/mol. The van der Waals surface area contributed by atoms with Crippen molar-refractivity contribution < 1.29 is 13.2 Å². The van der Waals surface area contributed by atoms with Crippen molar-refractivity contribution in [2.45, 2.75) is 6.18 Å². The molecule has 1 nitrogen and oxygen atoms in total. The largest absolute Gasteiger partial charge is 0.434 e. The molecule has 0 saturated carbocycles. The number of nitrogens with zero attached hydrogens (tertiary/aromatic N) is 1. The summed E-state index contributed by atoms with van der Waals surface area (Å²) in [5.41, 5.74) is 0.875. The Labute approximate surface area is 174 Å². The second-order valence-corrected chi connectivity index (χ2v) is 7.27. The fraction of sp³-hybridized carbons (Fsp3) is 0.0417. The van der Waals surface area contributed by atoms with E-state index in [1.165, 1.54) is 0 Å². The number of halogens is 4. The number of alkyl halides is 3. The van der Waals surface area contributed by atoms with Crippen LogP contribution in [-0.4, -0.2) is 4.98 Å². The lowest BCUT2D eigenvalue weighted by Crippen LogP contribution is -2.12. The predicted octanol–water partition coefficient (Wildman–Crippen LogP) is 7.08. The third-order valence-electron chi connectivity index (χ3n) is 4.38. The monoisotopic (exact) mass is 451 g/mol. The summed E-state index contributed by atoms with van der Waals surface area (Å²) in [6.07, 6.45) is -4.63. The lowest BCUT2D eigenvalue weighted by atomic mass is 9.94. The van der Waals surface area contributed by atoms with Crippen LogP contribution < -0.4 is 0 Å². The fourth-order valence-electron chi connectivity index (χ4n) is 3.12. The van der Waals surface area contributed by atoms with Crippen molar-refractivity contribution in [2.75, 3.05) is 0 Å². The number of fused-ring (bicyclic) bond motifs is 1. The molecule has 0 N–H and O–H groups in total. The van der Waals surface area contributed by atoms with Gasteiger partial charge in [0, 0.05) is 21.0 Å². The molecule has 4 rings (SSSR count). The zero-order chi connectivity index (χ0) is 20.4. The predicted molar refractivity (Wildman–Crippen MR) is 112 cm³/mol. The van der Waals surface area contributed by atoms with Gasteiger partial charge in [0.25, 0.3) is 0 Å².